The smallest absolute Gasteiger partial charge is 0.257 e. The van der Waals surface area contributed by atoms with Crippen LogP contribution in [0.3, 0.4) is 0 Å². The first kappa shape index (κ1) is 15.7. The van der Waals surface area contributed by atoms with E-state index in [4.69, 9.17) is 11.6 Å². The minimum atomic E-state index is -0.0863. The van der Waals surface area contributed by atoms with Crippen molar-refractivity contribution in [2.24, 2.45) is 0 Å². The summed E-state index contributed by atoms with van der Waals surface area (Å²) in [7, 11) is 0. The van der Waals surface area contributed by atoms with Crippen LogP contribution in [0.1, 0.15) is 30.1 Å². The molecule has 2 rings (SSSR count). The first-order chi connectivity index (χ1) is 10.2. The monoisotopic (exact) mass is 306 g/mol. The molecule has 1 amide bonds. The summed E-state index contributed by atoms with van der Waals surface area (Å²) < 4.78 is 0. The average molecular weight is 307 g/mol. The Bertz CT molecular complexity index is 535. The number of aromatic nitrogens is 1. The molecule has 0 radical (unpaired) electrons. The van der Waals surface area contributed by atoms with E-state index < -0.39 is 0 Å². The number of halogens is 1. The van der Waals surface area contributed by atoms with Crippen molar-refractivity contribution in [2.75, 3.05) is 26.2 Å². The molecule has 5 nitrogen and oxygen atoms in total. The summed E-state index contributed by atoms with van der Waals surface area (Å²) >= 11 is 5.97. The van der Waals surface area contributed by atoms with E-state index in [9.17, 15) is 10.1 Å². The summed E-state index contributed by atoms with van der Waals surface area (Å²) in [5, 5.41) is 9.44. The highest BCUT2D eigenvalue weighted by Crippen LogP contribution is 2.17. The number of carbonyl (C=O) groups is 1. The van der Waals surface area contributed by atoms with Crippen LogP contribution in [0.15, 0.2) is 18.3 Å². The van der Waals surface area contributed by atoms with Crippen molar-refractivity contribution >= 4 is 17.5 Å². The predicted octanol–water partition coefficient (Wildman–Crippen LogP) is 2.19. The van der Waals surface area contributed by atoms with Crippen molar-refractivity contribution in [3.63, 3.8) is 0 Å². The molecule has 6 heteroatoms. The van der Waals surface area contributed by atoms with Crippen LogP contribution in [0.2, 0.25) is 5.15 Å². The van der Waals surface area contributed by atoms with E-state index in [0.29, 0.717) is 18.7 Å². The number of hydrogen-bond donors (Lipinski definition) is 0. The lowest BCUT2D eigenvalue weighted by Gasteiger charge is -2.37. The Hall–Kier alpha value is -1.64. The van der Waals surface area contributed by atoms with Crippen LogP contribution in [0.5, 0.6) is 0 Å². The number of piperazine rings is 1. The number of rotatable bonds is 4. The number of nitriles is 1. The van der Waals surface area contributed by atoms with Crippen molar-refractivity contribution in [1.82, 2.24) is 14.8 Å². The van der Waals surface area contributed by atoms with Gasteiger partial charge in [0, 0.05) is 32.4 Å². The van der Waals surface area contributed by atoms with Gasteiger partial charge in [0.25, 0.3) is 5.91 Å². The normalized spacial score (nSPS) is 17.3. The van der Waals surface area contributed by atoms with E-state index in [-0.39, 0.29) is 17.1 Å². The minimum absolute atomic E-state index is 0.0470. The summed E-state index contributed by atoms with van der Waals surface area (Å²) in [5.74, 6) is -0.0863. The Kier molecular flexibility index (Phi) is 5.54. The molecular weight excluding hydrogens is 288 g/mol. The molecule has 0 aromatic carbocycles. The molecule has 1 saturated heterocycles. The number of carbonyl (C=O) groups excluding carboxylic acids is 1. The van der Waals surface area contributed by atoms with E-state index >= 15 is 0 Å². The van der Waals surface area contributed by atoms with Crippen LogP contribution in [-0.2, 0) is 0 Å². The van der Waals surface area contributed by atoms with Gasteiger partial charge in [-0.15, -0.1) is 0 Å². The number of hydrogen-bond acceptors (Lipinski definition) is 4. The summed E-state index contributed by atoms with van der Waals surface area (Å²) in [6, 6.07) is 5.71. The fourth-order valence-corrected chi connectivity index (χ4v) is 2.75. The summed E-state index contributed by atoms with van der Waals surface area (Å²) in [5.41, 5.74) is 0.443. The molecule has 1 aliphatic rings. The van der Waals surface area contributed by atoms with Crippen LogP contribution in [0, 0.1) is 11.3 Å². The highest BCUT2D eigenvalue weighted by molar-refractivity contribution is 6.32. The second-order valence-electron chi connectivity index (χ2n) is 5.10. The van der Waals surface area contributed by atoms with Gasteiger partial charge in [-0.2, -0.15) is 5.26 Å². The standard InChI is InChI=1S/C15H19ClN4O/c1-2-4-12(11-17)19-7-9-20(10-8-19)15(21)13-5-3-6-18-14(13)16/h3,5-6,12H,2,4,7-10H2,1H3. The number of nitrogens with zero attached hydrogens (tertiary/aromatic N) is 4. The molecule has 1 aliphatic heterocycles. The molecule has 0 spiro atoms. The van der Waals surface area contributed by atoms with Gasteiger partial charge in [0.15, 0.2) is 0 Å². The van der Waals surface area contributed by atoms with Gasteiger partial charge >= 0.3 is 0 Å². The van der Waals surface area contributed by atoms with Gasteiger partial charge in [0.1, 0.15) is 5.15 Å². The Morgan fingerprint density at radius 1 is 1.48 bits per heavy atom. The van der Waals surface area contributed by atoms with E-state index in [1.165, 1.54) is 0 Å². The largest absolute Gasteiger partial charge is 0.336 e. The molecule has 1 fully saturated rings. The molecule has 0 saturated carbocycles. The molecule has 112 valence electrons. The van der Waals surface area contributed by atoms with Gasteiger partial charge in [0.2, 0.25) is 0 Å². The van der Waals surface area contributed by atoms with Gasteiger partial charge in [-0.1, -0.05) is 24.9 Å². The fourth-order valence-electron chi connectivity index (χ4n) is 2.55. The third-order valence-corrected chi connectivity index (χ3v) is 4.04. The summed E-state index contributed by atoms with van der Waals surface area (Å²) in [6.07, 6.45) is 3.43. The van der Waals surface area contributed by atoms with Gasteiger partial charge < -0.3 is 4.90 Å². The second kappa shape index (κ2) is 7.39. The first-order valence-electron chi connectivity index (χ1n) is 7.20. The molecule has 1 aromatic heterocycles. The SMILES string of the molecule is CCCC(C#N)N1CCN(C(=O)c2cccnc2Cl)CC1. The Morgan fingerprint density at radius 2 is 2.19 bits per heavy atom. The van der Waals surface area contributed by atoms with Gasteiger partial charge in [-0.05, 0) is 18.6 Å². The maximum Gasteiger partial charge on any atom is 0.257 e. The molecule has 1 unspecified atom stereocenters. The van der Waals surface area contributed by atoms with Crippen LogP contribution in [0.4, 0.5) is 0 Å². The molecule has 2 heterocycles. The lowest BCUT2D eigenvalue weighted by atomic mass is 10.1. The van der Waals surface area contributed by atoms with Gasteiger partial charge in [0.05, 0.1) is 17.7 Å². The van der Waals surface area contributed by atoms with Crippen molar-refractivity contribution in [2.45, 2.75) is 25.8 Å². The number of pyridine rings is 1. The topological polar surface area (TPSA) is 60.2 Å². The van der Waals surface area contributed by atoms with Crippen molar-refractivity contribution in [3.8, 4) is 6.07 Å². The minimum Gasteiger partial charge on any atom is -0.336 e. The molecule has 0 N–H and O–H groups in total. The van der Waals surface area contributed by atoms with Crippen LogP contribution >= 0.6 is 11.6 Å². The van der Waals surface area contributed by atoms with Crippen molar-refractivity contribution < 1.29 is 4.79 Å². The Labute approximate surface area is 130 Å². The molecule has 1 aromatic rings. The second-order valence-corrected chi connectivity index (χ2v) is 5.46. The summed E-state index contributed by atoms with van der Waals surface area (Å²) in [6.45, 7) is 4.76. The Morgan fingerprint density at radius 3 is 2.76 bits per heavy atom. The van der Waals surface area contributed by atoms with Crippen LogP contribution in [0.25, 0.3) is 0 Å². The third kappa shape index (κ3) is 3.72. The van der Waals surface area contributed by atoms with E-state index in [0.717, 1.165) is 25.9 Å². The number of amides is 1. The predicted molar refractivity (Wildman–Crippen MR) is 81.0 cm³/mol. The lowest BCUT2D eigenvalue weighted by molar-refractivity contribution is 0.0601. The van der Waals surface area contributed by atoms with E-state index in [2.05, 4.69) is 22.9 Å². The molecule has 21 heavy (non-hydrogen) atoms. The van der Waals surface area contributed by atoms with Gasteiger partial charge in [-0.25, -0.2) is 4.98 Å². The highest BCUT2D eigenvalue weighted by atomic mass is 35.5. The maximum absolute atomic E-state index is 12.4. The zero-order chi connectivity index (χ0) is 15.2. The Balaban J connectivity index is 1.97. The van der Waals surface area contributed by atoms with Gasteiger partial charge in [-0.3, -0.25) is 9.69 Å². The van der Waals surface area contributed by atoms with E-state index in [1.54, 1.807) is 23.2 Å². The van der Waals surface area contributed by atoms with Crippen molar-refractivity contribution in [3.05, 3.63) is 29.0 Å². The molecule has 0 bridgehead atoms. The summed E-state index contributed by atoms with van der Waals surface area (Å²) in [4.78, 5) is 20.3. The van der Waals surface area contributed by atoms with Crippen LogP contribution in [-0.4, -0.2) is 52.9 Å². The average Bonchev–Trinajstić information content (AvgIpc) is 2.52. The highest BCUT2D eigenvalue weighted by Gasteiger charge is 2.27. The van der Waals surface area contributed by atoms with Crippen molar-refractivity contribution in [1.29, 1.82) is 5.26 Å². The zero-order valence-electron chi connectivity index (χ0n) is 12.1. The molecule has 0 aliphatic carbocycles. The van der Waals surface area contributed by atoms with Crippen LogP contribution < -0.4 is 0 Å². The lowest BCUT2D eigenvalue weighted by Crippen LogP contribution is -2.51. The first-order valence-corrected chi connectivity index (χ1v) is 7.58. The zero-order valence-corrected chi connectivity index (χ0v) is 12.9. The molecule has 1 atom stereocenters. The maximum atomic E-state index is 12.4. The molecular formula is C15H19ClN4O. The fraction of sp³-hybridized carbons (Fsp3) is 0.533. The quantitative estimate of drug-likeness (QED) is 0.800. The third-order valence-electron chi connectivity index (χ3n) is 3.74. The van der Waals surface area contributed by atoms with E-state index in [1.807, 2.05) is 0 Å².